The lowest BCUT2D eigenvalue weighted by Crippen LogP contribution is -2.60. The molecule has 1 aliphatic carbocycles. The van der Waals surface area contributed by atoms with E-state index < -0.39 is 89.8 Å². The number of carbonyl (C=O) groups is 8. The van der Waals surface area contributed by atoms with Crippen molar-refractivity contribution in [2.24, 2.45) is 17.3 Å². The van der Waals surface area contributed by atoms with Crippen molar-refractivity contribution in [3.8, 4) is 0 Å². The number of amides is 6. The van der Waals surface area contributed by atoms with Gasteiger partial charge in [0, 0.05) is 27.1 Å². The van der Waals surface area contributed by atoms with Gasteiger partial charge in [-0.3, -0.25) is 33.6 Å². The maximum Gasteiger partial charge on any atom is 0.408 e. The number of cyclic esters (lactones) is 1. The predicted molar refractivity (Wildman–Crippen MR) is 203 cm³/mol. The number of fused-ring (bicyclic) bond motifs is 3. The highest BCUT2D eigenvalue weighted by Crippen LogP contribution is 2.65. The number of nitrogens with zero attached hydrogens (tertiary/aromatic N) is 2. The standard InChI is InChI=1S/C40H58N6O10/c1-23-30(44-38(54)56-39(2,3)4)37(53)46-22-25-29(40(25,5)6)32(46)34(50)42-26(19-15-10-9-11-16-20-28(48)55-23)33(49)35(51)41-21-27(47)43-31(36(52)45(7)8)24-17-13-12-14-18-24/h12-14,17-18,23,25-26,29-32H,9-11,15-16,19-22H2,1-8H3,(H,41,51)(H,42,50)(H,43,47)(H,44,54)/t23?,25-,26-,29-,30-,31-,32-/m0/s1. The van der Waals surface area contributed by atoms with E-state index >= 15 is 0 Å². The van der Waals surface area contributed by atoms with Crippen LogP contribution in [0.25, 0.3) is 0 Å². The van der Waals surface area contributed by atoms with E-state index in [9.17, 15) is 38.4 Å². The number of alkyl carbamates (subject to hydrolysis) is 1. The molecule has 56 heavy (non-hydrogen) atoms. The van der Waals surface area contributed by atoms with Gasteiger partial charge in [-0.25, -0.2) is 4.79 Å². The molecule has 16 heteroatoms. The largest absolute Gasteiger partial charge is 0.460 e. The van der Waals surface area contributed by atoms with Gasteiger partial charge in [-0.1, -0.05) is 69.9 Å². The van der Waals surface area contributed by atoms with Crippen LogP contribution in [0, 0.1) is 17.3 Å². The molecule has 4 rings (SSSR count). The highest BCUT2D eigenvalue weighted by Gasteiger charge is 2.70. The van der Waals surface area contributed by atoms with Crippen molar-refractivity contribution in [2.75, 3.05) is 27.2 Å². The zero-order valence-corrected chi connectivity index (χ0v) is 33.8. The van der Waals surface area contributed by atoms with Crippen LogP contribution in [0.4, 0.5) is 4.79 Å². The molecular weight excluding hydrogens is 724 g/mol. The van der Waals surface area contributed by atoms with Gasteiger partial charge >= 0.3 is 12.1 Å². The van der Waals surface area contributed by atoms with Gasteiger partial charge in [0.15, 0.2) is 0 Å². The fourth-order valence-corrected chi connectivity index (χ4v) is 7.62. The Kier molecular flexibility index (Phi) is 14.3. The monoisotopic (exact) mass is 782 g/mol. The molecule has 1 aromatic rings. The lowest BCUT2D eigenvalue weighted by atomic mass is 9.97. The Morgan fingerprint density at radius 3 is 2.29 bits per heavy atom. The van der Waals surface area contributed by atoms with Gasteiger partial charge in [-0.2, -0.15) is 0 Å². The van der Waals surface area contributed by atoms with Crippen LogP contribution in [0.15, 0.2) is 30.3 Å². The van der Waals surface area contributed by atoms with Gasteiger partial charge in [0.05, 0.1) is 12.6 Å². The van der Waals surface area contributed by atoms with Crippen LogP contribution in [0.2, 0.25) is 0 Å². The van der Waals surface area contributed by atoms with E-state index in [0.717, 1.165) is 0 Å². The summed E-state index contributed by atoms with van der Waals surface area (Å²) in [6.45, 7) is 10.0. The van der Waals surface area contributed by atoms with Gasteiger partial charge in [0.1, 0.15) is 29.8 Å². The van der Waals surface area contributed by atoms with E-state index in [1.54, 1.807) is 65.2 Å². The van der Waals surface area contributed by atoms with Crippen molar-refractivity contribution in [3.05, 3.63) is 35.9 Å². The minimum Gasteiger partial charge on any atom is -0.460 e. The predicted octanol–water partition coefficient (Wildman–Crippen LogP) is 2.15. The zero-order valence-electron chi connectivity index (χ0n) is 33.8. The van der Waals surface area contributed by atoms with Crippen molar-refractivity contribution >= 4 is 47.4 Å². The summed E-state index contributed by atoms with van der Waals surface area (Å²) >= 11 is 0. The van der Waals surface area contributed by atoms with Gasteiger partial charge < -0.3 is 40.5 Å². The van der Waals surface area contributed by atoms with E-state index in [1.165, 1.54) is 16.7 Å². The molecule has 0 radical (unpaired) electrons. The molecule has 3 aliphatic rings. The first-order chi connectivity index (χ1) is 26.2. The Bertz CT molecular complexity index is 1660. The highest BCUT2D eigenvalue weighted by molar-refractivity contribution is 6.38. The van der Waals surface area contributed by atoms with Crippen molar-refractivity contribution in [3.63, 3.8) is 0 Å². The van der Waals surface area contributed by atoms with Gasteiger partial charge in [0.2, 0.25) is 29.4 Å². The van der Waals surface area contributed by atoms with Crippen LogP contribution in [0.5, 0.6) is 0 Å². The quantitative estimate of drug-likeness (QED) is 0.223. The minimum atomic E-state index is -1.38. The summed E-state index contributed by atoms with van der Waals surface area (Å²) in [5.74, 6) is -5.34. The molecule has 0 bridgehead atoms. The number of esters is 1. The van der Waals surface area contributed by atoms with Crippen LogP contribution in [-0.2, 0) is 43.0 Å². The Hall–Kier alpha value is -5.02. The third kappa shape index (κ3) is 11.1. The Morgan fingerprint density at radius 1 is 1.00 bits per heavy atom. The minimum absolute atomic E-state index is 0.0668. The lowest BCUT2D eigenvalue weighted by molar-refractivity contribution is -0.155. The second-order valence-corrected chi connectivity index (χ2v) is 16.8. The number of carbonyl (C=O) groups excluding carboxylic acids is 8. The fourth-order valence-electron chi connectivity index (χ4n) is 7.62. The molecule has 7 atom stereocenters. The summed E-state index contributed by atoms with van der Waals surface area (Å²) in [5, 5.41) is 10.3. The number of piperidine rings is 1. The molecule has 3 fully saturated rings. The molecule has 1 aromatic carbocycles. The summed E-state index contributed by atoms with van der Waals surface area (Å²) in [5.41, 5.74) is -0.675. The Labute approximate surface area is 328 Å². The third-order valence-corrected chi connectivity index (χ3v) is 10.8. The average Bonchev–Trinajstić information content (AvgIpc) is 3.42. The van der Waals surface area contributed by atoms with Crippen molar-refractivity contribution < 1.29 is 47.8 Å². The van der Waals surface area contributed by atoms with E-state index in [0.29, 0.717) is 37.7 Å². The summed E-state index contributed by atoms with van der Waals surface area (Å²) < 4.78 is 11.0. The fraction of sp³-hybridized carbons (Fsp3) is 0.650. The Morgan fingerprint density at radius 2 is 1.64 bits per heavy atom. The van der Waals surface area contributed by atoms with Crippen LogP contribution in [-0.4, -0.2) is 114 Å². The molecule has 308 valence electrons. The Balaban J connectivity index is 1.54. The molecule has 2 heterocycles. The number of benzene rings is 1. The molecule has 2 saturated heterocycles. The van der Waals surface area contributed by atoms with Crippen LogP contribution >= 0.6 is 0 Å². The normalized spacial score (nSPS) is 26.1. The van der Waals surface area contributed by atoms with Crippen LogP contribution < -0.4 is 21.3 Å². The molecule has 16 nitrogen and oxygen atoms in total. The van der Waals surface area contributed by atoms with Crippen LogP contribution in [0.3, 0.4) is 0 Å². The number of hydrogen-bond donors (Lipinski definition) is 4. The number of nitrogens with one attached hydrogen (secondary N) is 4. The van der Waals surface area contributed by atoms with Crippen LogP contribution in [0.1, 0.15) is 98.1 Å². The first-order valence-electron chi connectivity index (χ1n) is 19.4. The van der Waals surface area contributed by atoms with Crippen molar-refractivity contribution in [1.29, 1.82) is 0 Å². The molecule has 1 unspecified atom stereocenters. The zero-order chi connectivity index (χ0) is 41.5. The topological polar surface area (TPSA) is 210 Å². The molecule has 0 aromatic heterocycles. The maximum atomic E-state index is 14.3. The number of rotatable bonds is 8. The molecule has 0 spiro atoms. The SMILES string of the molecule is CC1OC(=O)CCCCCCC[C@@H](C(=O)C(=O)NCC(=O)N[C@H](C(=O)N(C)C)c2ccccc2)NC(=O)[C@@H]2[C@@H]3[C@H](CN2C(=O)[C@H]1NC(=O)OC(C)(C)C)C3(C)C. The lowest BCUT2D eigenvalue weighted by Gasteiger charge is -2.35. The summed E-state index contributed by atoms with van der Waals surface area (Å²) in [7, 11) is 3.10. The molecular formula is C40H58N6O10. The molecule has 1 saturated carbocycles. The molecule has 6 amide bonds. The van der Waals surface area contributed by atoms with E-state index in [-0.39, 0.29) is 36.6 Å². The van der Waals surface area contributed by atoms with Gasteiger partial charge in [0.25, 0.3) is 5.91 Å². The van der Waals surface area contributed by atoms with Crippen molar-refractivity contribution in [2.45, 2.75) is 122 Å². The average molecular weight is 783 g/mol. The molecule has 2 aliphatic heterocycles. The number of hydrogen-bond acceptors (Lipinski definition) is 10. The first-order valence-corrected chi connectivity index (χ1v) is 19.4. The number of ether oxygens (including phenoxy) is 2. The first kappa shape index (κ1) is 43.7. The second-order valence-electron chi connectivity index (χ2n) is 16.8. The van der Waals surface area contributed by atoms with E-state index in [1.807, 2.05) is 13.8 Å². The van der Waals surface area contributed by atoms with Gasteiger partial charge in [-0.15, -0.1) is 0 Å². The third-order valence-electron chi connectivity index (χ3n) is 10.8. The second kappa shape index (κ2) is 18.3. The van der Waals surface area contributed by atoms with Gasteiger partial charge in [-0.05, 0) is 63.4 Å². The maximum absolute atomic E-state index is 14.3. The summed E-state index contributed by atoms with van der Waals surface area (Å²) in [4.78, 5) is 110. The van der Waals surface area contributed by atoms with Crippen molar-refractivity contribution in [1.82, 2.24) is 31.1 Å². The molecule has 4 N–H and O–H groups in total. The number of likely N-dealkylation sites (N-methyl/N-ethyl adjacent to an activating group) is 1. The number of ketones is 1. The summed E-state index contributed by atoms with van der Waals surface area (Å²) in [6.07, 6.45) is 1.17. The van der Waals surface area contributed by atoms with E-state index in [4.69, 9.17) is 9.47 Å². The summed E-state index contributed by atoms with van der Waals surface area (Å²) in [6, 6.07) is 3.85. The van der Waals surface area contributed by atoms with E-state index in [2.05, 4.69) is 21.3 Å². The number of Topliss-reactive ketones (excluding diaryl/α,β-unsaturated/α-hetero) is 1. The highest BCUT2D eigenvalue weighted by atomic mass is 16.6. The smallest absolute Gasteiger partial charge is 0.408 e.